The number of carbonyl (C=O) groups is 1. The monoisotopic (exact) mass is 228 g/mol. The number of likely N-dealkylation sites (tertiary alicyclic amines) is 1. The van der Waals surface area contributed by atoms with Gasteiger partial charge in [-0.2, -0.15) is 0 Å². The number of hydrogen-bond acceptors (Lipinski definition) is 3. The lowest BCUT2D eigenvalue weighted by atomic mass is 10.0. The Kier molecular flexibility index (Phi) is 5.22. The SMILES string of the molecule is CC(C)CN(CC(=O)O)C1CCCN(C)C1. The van der Waals surface area contributed by atoms with Crippen molar-refractivity contribution >= 4 is 5.97 Å². The molecule has 0 aliphatic carbocycles. The Hall–Kier alpha value is -0.610. The second-order valence-electron chi connectivity index (χ2n) is 5.28. The zero-order chi connectivity index (χ0) is 12.1. The Morgan fingerprint density at radius 3 is 2.75 bits per heavy atom. The maximum atomic E-state index is 10.9. The molecule has 1 unspecified atom stereocenters. The van der Waals surface area contributed by atoms with Crippen LogP contribution in [0.25, 0.3) is 0 Å². The molecule has 16 heavy (non-hydrogen) atoms. The minimum Gasteiger partial charge on any atom is -0.480 e. The summed E-state index contributed by atoms with van der Waals surface area (Å²) in [5.74, 6) is -0.194. The lowest BCUT2D eigenvalue weighted by Crippen LogP contribution is -2.49. The Balaban J connectivity index is 2.55. The normalized spacial score (nSPS) is 22.9. The van der Waals surface area contributed by atoms with Crippen LogP contribution < -0.4 is 0 Å². The van der Waals surface area contributed by atoms with Crippen molar-refractivity contribution in [3.8, 4) is 0 Å². The number of carboxylic acid groups (broad SMARTS) is 1. The molecule has 0 saturated carbocycles. The van der Waals surface area contributed by atoms with Crippen molar-refractivity contribution in [2.75, 3.05) is 33.2 Å². The summed E-state index contributed by atoms with van der Waals surface area (Å²) in [6.45, 7) is 7.48. The summed E-state index contributed by atoms with van der Waals surface area (Å²) in [4.78, 5) is 15.3. The van der Waals surface area contributed by atoms with E-state index in [2.05, 4.69) is 30.7 Å². The van der Waals surface area contributed by atoms with E-state index in [4.69, 9.17) is 5.11 Å². The molecule has 1 atom stereocenters. The molecular weight excluding hydrogens is 204 g/mol. The van der Waals surface area contributed by atoms with Gasteiger partial charge in [-0.05, 0) is 32.4 Å². The first-order valence-electron chi connectivity index (χ1n) is 6.13. The van der Waals surface area contributed by atoms with Gasteiger partial charge in [0.2, 0.25) is 0 Å². The van der Waals surface area contributed by atoms with Crippen LogP contribution in [0.5, 0.6) is 0 Å². The van der Waals surface area contributed by atoms with Crippen molar-refractivity contribution in [2.24, 2.45) is 5.92 Å². The lowest BCUT2D eigenvalue weighted by molar-refractivity contribution is -0.139. The molecule has 1 saturated heterocycles. The van der Waals surface area contributed by atoms with Crippen LogP contribution in [-0.4, -0.2) is 60.1 Å². The van der Waals surface area contributed by atoms with Gasteiger partial charge in [0.25, 0.3) is 0 Å². The van der Waals surface area contributed by atoms with Gasteiger partial charge in [0.15, 0.2) is 0 Å². The lowest BCUT2D eigenvalue weighted by Gasteiger charge is -2.38. The molecule has 94 valence electrons. The maximum Gasteiger partial charge on any atom is 0.317 e. The minimum absolute atomic E-state index is 0.177. The van der Waals surface area contributed by atoms with Crippen LogP contribution in [0.1, 0.15) is 26.7 Å². The minimum atomic E-state index is -0.714. The molecule has 1 aliphatic rings. The standard InChI is InChI=1S/C12H24N2O2/c1-10(2)7-14(9-12(15)16)11-5-4-6-13(3)8-11/h10-11H,4-9H2,1-3H3,(H,15,16). The van der Waals surface area contributed by atoms with Crippen LogP contribution in [0.4, 0.5) is 0 Å². The summed E-state index contributed by atoms with van der Waals surface area (Å²) in [6, 6.07) is 0.414. The van der Waals surface area contributed by atoms with Crippen molar-refractivity contribution in [2.45, 2.75) is 32.7 Å². The molecule has 1 fully saturated rings. The third-order valence-corrected chi connectivity index (χ3v) is 3.05. The molecule has 4 heteroatoms. The van der Waals surface area contributed by atoms with E-state index in [0.29, 0.717) is 12.0 Å². The number of aliphatic carboxylic acids is 1. The predicted molar refractivity (Wildman–Crippen MR) is 64.6 cm³/mol. The molecule has 0 bridgehead atoms. The highest BCUT2D eigenvalue weighted by Crippen LogP contribution is 2.15. The average molecular weight is 228 g/mol. The van der Waals surface area contributed by atoms with E-state index in [1.165, 1.54) is 6.42 Å². The van der Waals surface area contributed by atoms with Crippen molar-refractivity contribution in [3.05, 3.63) is 0 Å². The molecule has 1 rings (SSSR count). The summed E-state index contributed by atoms with van der Waals surface area (Å²) in [7, 11) is 2.11. The van der Waals surface area contributed by atoms with E-state index in [9.17, 15) is 4.79 Å². The average Bonchev–Trinajstić information content (AvgIpc) is 2.15. The number of likely N-dealkylation sites (N-methyl/N-ethyl adjacent to an activating group) is 1. The van der Waals surface area contributed by atoms with Crippen LogP contribution >= 0.6 is 0 Å². The number of nitrogens with zero attached hydrogens (tertiary/aromatic N) is 2. The van der Waals surface area contributed by atoms with Crippen LogP contribution in [0, 0.1) is 5.92 Å². The molecule has 1 heterocycles. The van der Waals surface area contributed by atoms with Gasteiger partial charge in [0.05, 0.1) is 6.54 Å². The summed E-state index contributed by atoms with van der Waals surface area (Å²) in [5.41, 5.74) is 0. The third-order valence-electron chi connectivity index (χ3n) is 3.05. The highest BCUT2D eigenvalue weighted by Gasteiger charge is 2.25. The molecule has 0 aromatic heterocycles. The number of hydrogen-bond donors (Lipinski definition) is 1. The molecule has 1 N–H and O–H groups in total. The quantitative estimate of drug-likeness (QED) is 0.766. The van der Waals surface area contributed by atoms with E-state index in [-0.39, 0.29) is 6.54 Å². The van der Waals surface area contributed by atoms with Crippen molar-refractivity contribution in [3.63, 3.8) is 0 Å². The molecule has 0 amide bonds. The highest BCUT2D eigenvalue weighted by molar-refractivity contribution is 5.69. The van der Waals surface area contributed by atoms with Gasteiger partial charge in [-0.25, -0.2) is 0 Å². The van der Waals surface area contributed by atoms with E-state index in [1.807, 2.05) is 0 Å². The van der Waals surface area contributed by atoms with E-state index < -0.39 is 5.97 Å². The molecule has 0 radical (unpaired) electrons. The Labute approximate surface area is 98.2 Å². The fraction of sp³-hybridized carbons (Fsp3) is 0.917. The first-order valence-corrected chi connectivity index (χ1v) is 6.13. The van der Waals surface area contributed by atoms with Gasteiger partial charge >= 0.3 is 5.97 Å². The van der Waals surface area contributed by atoms with Crippen LogP contribution in [-0.2, 0) is 4.79 Å². The second kappa shape index (κ2) is 6.21. The van der Waals surface area contributed by atoms with Crippen LogP contribution in [0.3, 0.4) is 0 Å². The molecule has 1 aliphatic heterocycles. The third kappa shape index (κ3) is 4.49. The molecular formula is C12H24N2O2. The van der Waals surface area contributed by atoms with E-state index in [1.54, 1.807) is 0 Å². The fourth-order valence-electron chi connectivity index (χ4n) is 2.42. The Morgan fingerprint density at radius 1 is 1.56 bits per heavy atom. The number of rotatable bonds is 5. The largest absolute Gasteiger partial charge is 0.480 e. The molecule has 0 aromatic carbocycles. The van der Waals surface area contributed by atoms with Crippen molar-refractivity contribution in [1.29, 1.82) is 0 Å². The second-order valence-corrected chi connectivity index (χ2v) is 5.28. The summed E-state index contributed by atoms with van der Waals surface area (Å²) in [6.07, 6.45) is 2.31. The Bertz CT molecular complexity index is 231. The maximum absolute atomic E-state index is 10.9. The number of piperidine rings is 1. The zero-order valence-corrected chi connectivity index (χ0v) is 10.6. The topological polar surface area (TPSA) is 43.8 Å². The smallest absolute Gasteiger partial charge is 0.317 e. The first kappa shape index (κ1) is 13.5. The number of carboxylic acids is 1. The van der Waals surface area contributed by atoms with E-state index in [0.717, 1.165) is 26.1 Å². The van der Waals surface area contributed by atoms with Gasteiger partial charge in [-0.3, -0.25) is 9.69 Å². The van der Waals surface area contributed by atoms with Gasteiger partial charge < -0.3 is 10.0 Å². The van der Waals surface area contributed by atoms with Gasteiger partial charge in [0.1, 0.15) is 0 Å². The van der Waals surface area contributed by atoms with Gasteiger partial charge in [0, 0.05) is 19.1 Å². The summed E-state index contributed by atoms with van der Waals surface area (Å²) in [5, 5.41) is 8.94. The van der Waals surface area contributed by atoms with Gasteiger partial charge in [-0.1, -0.05) is 13.8 Å². The fourth-order valence-corrected chi connectivity index (χ4v) is 2.42. The first-order chi connectivity index (χ1) is 7.49. The van der Waals surface area contributed by atoms with Gasteiger partial charge in [-0.15, -0.1) is 0 Å². The Morgan fingerprint density at radius 2 is 2.25 bits per heavy atom. The van der Waals surface area contributed by atoms with Crippen molar-refractivity contribution < 1.29 is 9.90 Å². The predicted octanol–water partition coefficient (Wildman–Crippen LogP) is 1.12. The van der Waals surface area contributed by atoms with Crippen LogP contribution in [0.2, 0.25) is 0 Å². The van der Waals surface area contributed by atoms with Crippen molar-refractivity contribution in [1.82, 2.24) is 9.80 Å². The van der Waals surface area contributed by atoms with Crippen LogP contribution in [0.15, 0.2) is 0 Å². The molecule has 0 aromatic rings. The van der Waals surface area contributed by atoms with E-state index >= 15 is 0 Å². The summed E-state index contributed by atoms with van der Waals surface area (Å²) < 4.78 is 0. The summed E-state index contributed by atoms with van der Waals surface area (Å²) >= 11 is 0. The highest BCUT2D eigenvalue weighted by atomic mass is 16.4. The molecule has 4 nitrogen and oxygen atoms in total. The zero-order valence-electron chi connectivity index (χ0n) is 10.6. The molecule has 0 spiro atoms.